The predicted octanol–water partition coefficient (Wildman–Crippen LogP) is 3.91. The van der Waals surface area contributed by atoms with Crippen molar-refractivity contribution in [2.45, 2.75) is 6.04 Å². The molecular formula is C26H20FN9. The lowest BCUT2D eigenvalue weighted by Crippen LogP contribution is -2.56. The van der Waals surface area contributed by atoms with Crippen LogP contribution in [0.2, 0.25) is 0 Å². The van der Waals surface area contributed by atoms with Gasteiger partial charge in [0, 0.05) is 41.7 Å². The van der Waals surface area contributed by atoms with Crippen molar-refractivity contribution >= 4 is 27.6 Å². The minimum Gasteiger partial charge on any atom is -0.352 e. The predicted molar refractivity (Wildman–Crippen MR) is 136 cm³/mol. The summed E-state index contributed by atoms with van der Waals surface area (Å²) < 4.78 is 13.9. The largest absolute Gasteiger partial charge is 0.352 e. The first-order valence-corrected chi connectivity index (χ1v) is 11.5. The molecule has 5 aromatic heterocycles. The molecule has 7 rings (SSSR count). The molecule has 0 unspecified atom stereocenters. The van der Waals surface area contributed by atoms with Crippen molar-refractivity contribution in [3.05, 3.63) is 73.2 Å². The lowest BCUT2D eigenvalue weighted by molar-refractivity contribution is 0.514. The van der Waals surface area contributed by atoms with Crippen LogP contribution in [0.1, 0.15) is 0 Å². The van der Waals surface area contributed by atoms with Gasteiger partial charge in [0.05, 0.1) is 47.2 Å². The maximum atomic E-state index is 13.9. The van der Waals surface area contributed by atoms with Crippen LogP contribution in [0.15, 0.2) is 67.4 Å². The van der Waals surface area contributed by atoms with Crippen LogP contribution in [0.3, 0.4) is 0 Å². The lowest BCUT2D eigenvalue weighted by atomic mass is 10.0. The Morgan fingerprint density at radius 2 is 1.81 bits per heavy atom. The van der Waals surface area contributed by atoms with Crippen LogP contribution in [0, 0.1) is 5.82 Å². The van der Waals surface area contributed by atoms with E-state index in [-0.39, 0.29) is 11.9 Å². The second kappa shape index (κ2) is 7.92. The number of aromatic amines is 2. The highest BCUT2D eigenvalue weighted by Crippen LogP contribution is 2.34. The molecule has 0 saturated carbocycles. The Hall–Kier alpha value is -4.70. The minimum atomic E-state index is -0.289. The molecule has 10 heteroatoms. The van der Waals surface area contributed by atoms with Crippen molar-refractivity contribution in [3.8, 4) is 33.9 Å². The third-order valence-corrected chi connectivity index (χ3v) is 6.50. The zero-order valence-corrected chi connectivity index (χ0v) is 19.0. The SMILES string of the molecule is NC1CN(c2cncc(-c3cc4c(-c5cc6c(-c7cccc(F)c7)cncc6[nH]5)n[nH]c4cn3)n2)C1. The Morgan fingerprint density at radius 1 is 0.917 bits per heavy atom. The van der Waals surface area contributed by atoms with E-state index in [9.17, 15) is 4.39 Å². The van der Waals surface area contributed by atoms with Crippen LogP contribution >= 0.6 is 0 Å². The van der Waals surface area contributed by atoms with Gasteiger partial charge in [0.25, 0.3) is 0 Å². The minimum absolute atomic E-state index is 0.173. The third-order valence-electron chi connectivity index (χ3n) is 6.50. The van der Waals surface area contributed by atoms with E-state index in [1.165, 1.54) is 12.1 Å². The summed E-state index contributed by atoms with van der Waals surface area (Å²) in [5, 5.41) is 9.44. The molecule has 1 fully saturated rings. The molecule has 1 aliphatic heterocycles. The first-order chi connectivity index (χ1) is 17.6. The standard InChI is InChI=1S/C26H20FN9/c27-15-3-1-2-14(4-15)19-7-29-8-22-17(19)5-21(32-22)26-18-6-20(31-10-23(18)34-35-26)24-9-30-11-25(33-24)36-12-16(28)13-36/h1-11,16,32H,12-13,28H2,(H,34,35). The summed E-state index contributed by atoms with van der Waals surface area (Å²) in [7, 11) is 0. The smallest absolute Gasteiger partial charge is 0.147 e. The van der Waals surface area contributed by atoms with Crippen molar-refractivity contribution in [1.29, 1.82) is 0 Å². The fourth-order valence-electron chi connectivity index (χ4n) is 4.66. The highest BCUT2D eigenvalue weighted by atomic mass is 19.1. The molecule has 6 aromatic rings. The molecule has 0 atom stereocenters. The number of nitrogens with one attached hydrogen (secondary N) is 2. The molecule has 1 aromatic carbocycles. The number of H-pyrrole nitrogens is 2. The molecule has 9 nitrogen and oxygen atoms in total. The Bertz CT molecular complexity index is 1750. The number of halogens is 1. The highest BCUT2D eigenvalue weighted by molar-refractivity contribution is 6.01. The van der Waals surface area contributed by atoms with E-state index in [1.54, 1.807) is 37.1 Å². The molecule has 1 aliphatic rings. The van der Waals surface area contributed by atoms with Crippen LogP contribution in [0.5, 0.6) is 0 Å². The normalized spacial score (nSPS) is 14.0. The lowest BCUT2D eigenvalue weighted by Gasteiger charge is -2.37. The number of hydrogen-bond donors (Lipinski definition) is 3. The van der Waals surface area contributed by atoms with Crippen LogP contribution in [0.4, 0.5) is 10.2 Å². The summed E-state index contributed by atoms with van der Waals surface area (Å²) in [6, 6.07) is 10.7. The van der Waals surface area contributed by atoms with E-state index in [1.807, 2.05) is 18.2 Å². The monoisotopic (exact) mass is 477 g/mol. The zero-order valence-electron chi connectivity index (χ0n) is 19.0. The van der Waals surface area contributed by atoms with Crippen molar-refractivity contribution in [2.24, 2.45) is 5.73 Å². The summed E-state index contributed by atoms with van der Waals surface area (Å²) in [5.74, 6) is 0.499. The number of nitrogens with zero attached hydrogens (tertiary/aromatic N) is 6. The van der Waals surface area contributed by atoms with Gasteiger partial charge in [-0.25, -0.2) is 9.37 Å². The van der Waals surface area contributed by atoms with Crippen LogP contribution in [0.25, 0.3) is 55.7 Å². The molecule has 0 radical (unpaired) electrons. The first-order valence-electron chi connectivity index (χ1n) is 11.5. The van der Waals surface area contributed by atoms with E-state index in [2.05, 4.69) is 35.0 Å². The molecule has 36 heavy (non-hydrogen) atoms. The second-order valence-electron chi connectivity index (χ2n) is 8.96. The van der Waals surface area contributed by atoms with Crippen LogP contribution < -0.4 is 10.6 Å². The Morgan fingerprint density at radius 3 is 2.67 bits per heavy atom. The molecular weight excluding hydrogens is 457 g/mol. The van der Waals surface area contributed by atoms with E-state index >= 15 is 0 Å². The topological polar surface area (TPSA) is 125 Å². The molecule has 0 amide bonds. The number of fused-ring (bicyclic) bond motifs is 2. The number of hydrogen-bond acceptors (Lipinski definition) is 7. The number of rotatable bonds is 4. The average molecular weight is 478 g/mol. The quantitative estimate of drug-likeness (QED) is 0.351. The molecule has 1 saturated heterocycles. The van der Waals surface area contributed by atoms with Crippen LogP contribution in [-0.2, 0) is 0 Å². The Kier molecular flexibility index (Phi) is 4.55. The van der Waals surface area contributed by atoms with Gasteiger partial charge in [-0.15, -0.1) is 0 Å². The fourth-order valence-corrected chi connectivity index (χ4v) is 4.66. The van der Waals surface area contributed by atoms with Crippen LogP contribution in [-0.4, -0.2) is 54.2 Å². The Labute approximate surface area is 204 Å². The van der Waals surface area contributed by atoms with Crippen molar-refractivity contribution in [3.63, 3.8) is 0 Å². The Balaban J connectivity index is 1.31. The van der Waals surface area contributed by atoms with Gasteiger partial charge in [-0.3, -0.25) is 20.1 Å². The van der Waals surface area contributed by atoms with Gasteiger partial charge in [0.2, 0.25) is 0 Å². The van der Waals surface area contributed by atoms with Gasteiger partial charge in [-0.2, -0.15) is 5.10 Å². The van der Waals surface area contributed by atoms with Gasteiger partial charge < -0.3 is 15.6 Å². The third kappa shape index (κ3) is 3.38. The number of nitrogens with two attached hydrogens (primary N) is 1. The number of aromatic nitrogens is 7. The fraction of sp³-hybridized carbons (Fsp3) is 0.115. The van der Waals surface area contributed by atoms with Gasteiger partial charge in [-0.1, -0.05) is 12.1 Å². The first kappa shape index (κ1) is 20.7. The number of anilines is 1. The van der Waals surface area contributed by atoms with E-state index in [4.69, 9.17) is 10.7 Å². The average Bonchev–Trinajstić information content (AvgIpc) is 3.50. The van der Waals surface area contributed by atoms with Crippen molar-refractivity contribution in [2.75, 3.05) is 18.0 Å². The highest BCUT2D eigenvalue weighted by Gasteiger charge is 2.25. The number of pyridine rings is 2. The summed E-state index contributed by atoms with van der Waals surface area (Å²) in [4.78, 5) is 23.5. The van der Waals surface area contributed by atoms with Gasteiger partial charge in [-0.05, 0) is 29.8 Å². The van der Waals surface area contributed by atoms with Crippen molar-refractivity contribution in [1.82, 2.24) is 35.1 Å². The second-order valence-corrected chi connectivity index (χ2v) is 8.96. The summed E-state index contributed by atoms with van der Waals surface area (Å²) in [6.45, 7) is 1.53. The maximum Gasteiger partial charge on any atom is 0.147 e. The molecule has 4 N–H and O–H groups in total. The maximum absolute atomic E-state index is 13.9. The summed E-state index contributed by atoms with van der Waals surface area (Å²) in [5.41, 5.74) is 12.1. The van der Waals surface area contributed by atoms with Gasteiger partial charge in [0.15, 0.2) is 0 Å². The molecule has 0 aliphatic carbocycles. The molecule has 6 heterocycles. The van der Waals surface area contributed by atoms with Gasteiger partial charge >= 0.3 is 0 Å². The van der Waals surface area contributed by atoms with E-state index < -0.39 is 0 Å². The number of benzene rings is 1. The molecule has 0 spiro atoms. The van der Waals surface area contributed by atoms with Crippen molar-refractivity contribution < 1.29 is 4.39 Å². The van der Waals surface area contributed by atoms with Gasteiger partial charge in [0.1, 0.15) is 23.0 Å². The molecule has 0 bridgehead atoms. The summed E-state index contributed by atoms with van der Waals surface area (Å²) >= 11 is 0. The van der Waals surface area contributed by atoms with E-state index in [0.717, 1.165) is 63.2 Å². The summed E-state index contributed by atoms with van der Waals surface area (Å²) in [6.07, 6.45) is 8.70. The van der Waals surface area contributed by atoms with E-state index in [0.29, 0.717) is 11.4 Å². The zero-order chi connectivity index (χ0) is 24.2. The molecule has 176 valence electrons.